The number of ether oxygens (including phenoxy) is 2. The van der Waals surface area contributed by atoms with E-state index in [0.29, 0.717) is 31.9 Å². The molecule has 1 atom stereocenters. The quantitative estimate of drug-likeness (QED) is 0.660. The fourth-order valence-electron chi connectivity index (χ4n) is 3.45. The maximum Gasteiger partial charge on any atom is 0.251 e. The van der Waals surface area contributed by atoms with Crippen molar-refractivity contribution in [1.82, 2.24) is 15.5 Å². The number of methoxy groups -OCH3 is 1. The largest absolute Gasteiger partial charge is 0.497 e. The topological polar surface area (TPSA) is 79.9 Å². The van der Waals surface area contributed by atoms with Gasteiger partial charge in [0.2, 0.25) is 5.91 Å². The summed E-state index contributed by atoms with van der Waals surface area (Å²) in [6.07, 6.45) is 0.233. The normalized spacial score (nSPS) is 15.2. The van der Waals surface area contributed by atoms with Gasteiger partial charge in [0.25, 0.3) is 5.91 Å². The SMILES string of the molecule is COc1ccc(C(CNC(=O)CCNC(=O)c2ccccc2)N2CCOCC2)cc1. The van der Waals surface area contributed by atoms with Gasteiger partial charge in [-0.2, -0.15) is 0 Å². The van der Waals surface area contributed by atoms with E-state index in [-0.39, 0.29) is 24.3 Å². The summed E-state index contributed by atoms with van der Waals surface area (Å²) in [4.78, 5) is 26.7. The Labute approximate surface area is 177 Å². The van der Waals surface area contributed by atoms with Crippen molar-refractivity contribution in [3.63, 3.8) is 0 Å². The molecule has 2 N–H and O–H groups in total. The molecule has 160 valence electrons. The Morgan fingerprint density at radius 2 is 1.73 bits per heavy atom. The lowest BCUT2D eigenvalue weighted by atomic mass is 10.0. The van der Waals surface area contributed by atoms with E-state index in [0.717, 1.165) is 24.4 Å². The predicted octanol–water partition coefficient (Wildman–Crippen LogP) is 2.00. The Balaban J connectivity index is 1.51. The van der Waals surface area contributed by atoms with Crippen LogP contribution in [0, 0.1) is 0 Å². The van der Waals surface area contributed by atoms with Gasteiger partial charge in [0.1, 0.15) is 5.75 Å². The Hall–Kier alpha value is -2.90. The van der Waals surface area contributed by atoms with Gasteiger partial charge in [-0.15, -0.1) is 0 Å². The first kappa shape index (κ1) is 21.8. The van der Waals surface area contributed by atoms with Crippen molar-refractivity contribution in [3.8, 4) is 5.75 Å². The van der Waals surface area contributed by atoms with E-state index < -0.39 is 0 Å². The van der Waals surface area contributed by atoms with Crippen LogP contribution in [0.2, 0.25) is 0 Å². The molecule has 1 heterocycles. The van der Waals surface area contributed by atoms with Gasteiger partial charge in [0.05, 0.1) is 26.4 Å². The smallest absolute Gasteiger partial charge is 0.251 e. The third kappa shape index (κ3) is 6.30. The van der Waals surface area contributed by atoms with Crippen molar-refractivity contribution in [2.24, 2.45) is 0 Å². The molecule has 1 aliphatic rings. The Kier molecular flexibility index (Phi) is 8.23. The molecule has 0 spiro atoms. The average Bonchev–Trinajstić information content (AvgIpc) is 2.81. The number of nitrogens with zero attached hydrogens (tertiary/aromatic N) is 1. The fourth-order valence-corrected chi connectivity index (χ4v) is 3.45. The molecule has 1 aliphatic heterocycles. The lowest BCUT2D eigenvalue weighted by Gasteiger charge is -2.35. The third-order valence-electron chi connectivity index (χ3n) is 5.15. The van der Waals surface area contributed by atoms with Crippen molar-refractivity contribution >= 4 is 11.8 Å². The Morgan fingerprint density at radius 3 is 2.40 bits per heavy atom. The summed E-state index contributed by atoms with van der Waals surface area (Å²) in [6.45, 7) is 3.81. The monoisotopic (exact) mass is 411 g/mol. The van der Waals surface area contributed by atoms with Crippen LogP contribution in [0.5, 0.6) is 5.75 Å². The Morgan fingerprint density at radius 1 is 1.03 bits per heavy atom. The van der Waals surface area contributed by atoms with Crippen LogP contribution in [0.1, 0.15) is 28.4 Å². The number of carbonyl (C=O) groups excluding carboxylic acids is 2. The van der Waals surface area contributed by atoms with E-state index in [1.165, 1.54) is 0 Å². The molecule has 0 radical (unpaired) electrons. The molecule has 1 saturated heterocycles. The van der Waals surface area contributed by atoms with Crippen LogP contribution in [-0.2, 0) is 9.53 Å². The van der Waals surface area contributed by atoms with Gasteiger partial charge in [-0.25, -0.2) is 0 Å². The maximum atomic E-state index is 12.4. The molecular formula is C23H29N3O4. The number of nitrogens with one attached hydrogen (secondary N) is 2. The molecular weight excluding hydrogens is 382 g/mol. The summed E-state index contributed by atoms with van der Waals surface area (Å²) in [6, 6.07) is 17.0. The second-order valence-corrected chi connectivity index (χ2v) is 7.11. The summed E-state index contributed by atoms with van der Waals surface area (Å²) in [7, 11) is 1.64. The number of amides is 2. The molecule has 0 saturated carbocycles. The highest BCUT2D eigenvalue weighted by Crippen LogP contribution is 2.23. The zero-order valence-electron chi connectivity index (χ0n) is 17.3. The second-order valence-electron chi connectivity index (χ2n) is 7.11. The van der Waals surface area contributed by atoms with Crippen LogP contribution < -0.4 is 15.4 Å². The minimum atomic E-state index is -0.173. The first-order valence-corrected chi connectivity index (χ1v) is 10.2. The van der Waals surface area contributed by atoms with Crippen molar-refractivity contribution in [2.75, 3.05) is 46.5 Å². The second kappa shape index (κ2) is 11.3. The molecule has 30 heavy (non-hydrogen) atoms. The highest BCUT2D eigenvalue weighted by molar-refractivity contribution is 5.94. The van der Waals surface area contributed by atoms with Gasteiger partial charge in [0, 0.05) is 38.2 Å². The fraction of sp³-hybridized carbons (Fsp3) is 0.391. The predicted molar refractivity (Wildman–Crippen MR) is 115 cm³/mol. The highest BCUT2D eigenvalue weighted by atomic mass is 16.5. The number of carbonyl (C=O) groups is 2. The van der Waals surface area contributed by atoms with Crippen molar-refractivity contribution < 1.29 is 19.1 Å². The molecule has 1 fully saturated rings. The molecule has 2 aromatic rings. The van der Waals surface area contributed by atoms with Gasteiger partial charge >= 0.3 is 0 Å². The van der Waals surface area contributed by atoms with E-state index >= 15 is 0 Å². The average molecular weight is 412 g/mol. The van der Waals surface area contributed by atoms with Crippen molar-refractivity contribution in [1.29, 1.82) is 0 Å². The minimum absolute atomic E-state index is 0.0580. The van der Waals surface area contributed by atoms with Crippen LogP contribution >= 0.6 is 0 Å². The van der Waals surface area contributed by atoms with Gasteiger partial charge in [0.15, 0.2) is 0 Å². The summed E-state index contributed by atoms with van der Waals surface area (Å²) < 4.78 is 10.7. The Bertz CT molecular complexity index is 805. The number of morpholine rings is 1. The zero-order chi connectivity index (χ0) is 21.2. The summed E-state index contributed by atoms with van der Waals surface area (Å²) in [5, 5.41) is 5.80. The van der Waals surface area contributed by atoms with Crippen LogP contribution in [0.15, 0.2) is 54.6 Å². The van der Waals surface area contributed by atoms with Gasteiger partial charge < -0.3 is 20.1 Å². The van der Waals surface area contributed by atoms with E-state index in [1.807, 2.05) is 42.5 Å². The van der Waals surface area contributed by atoms with Gasteiger partial charge in [-0.05, 0) is 29.8 Å². The zero-order valence-corrected chi connectivity index (χ0v) is 17.3. The standard InChI is InChI=1S/C23H29N3O4/c1-29-20-9-7-18(8-10-20)21(26-13-15-30-16-14-26)17-25-22(27)11-12-24-23(28)19-5-3-2-4-6-19/h2-10,21H,11-17H2,1H3,(H,24,28)(H,25,27). The molecule has 2 amide bonds. The first-order valence-electron chi connectivity index (χ1n) is 10.2. The first-order chi connectivity index (χ1) is 14.7. The minimum Gasteiger partial charge on any atom is -0.497 e. The number of rotatable bonds is 9. The summed E-state index contributed by atoms with van der Waals surface area (Å²) >= 11 is 0. The molecule has 2 aromatic carbocycles. The van der Waals surface area contributed by atoms with Crippen LogP contribution in [0.4, 0.5) is 0 Å². The van der Waals surface area contributed by atoms with E-state index in [9.17, 15) is 9.59 Å². The molecule has 0 bridgehead atoms. The molecule has 0 aliphatic carbocycles. The maximum absolute atomic E-state index is 12.4. The van der Waals surface area contributed by atoms with E-state index in [1.54, 1.807) is 19.2 Å². The van der Waals surface area contributed by atoms with Crippen LogP contribution in [0.3, 0.4) is 0 Å². The van der Waals surface area contributed by atoms with Crippen LogP contribution in [0.25, 0.3) is 0 Å². The van der Waals surface area contributed by atoms with Gasteiger partial charge in [-0.3, -0.25) is 14.5 Å². The van der Waals surface area contributed by atoms with Crippen molar-refractivity contribution in [3.05, 3.63) is 65.7 Å². The number of benzene rings is 2. The van der Waals surface area contributed by atoms with E-state index in [4.69, 9.17) is 9.47 Å². The molecule has 7 heteroatoms. The summed E-state index contributed by atoms with van der Waals surface area (Å²) in [5.74, 6) is 0.542. The molecule has 1 unspecified atom stereocenters. The van der Waals surface area contributed by atoms with E-state index in [2.05, 4.69) is 15.5 Å². The van der Waals surface area contributed by atoms with Gasteiger partial charge in [-0.1, -0.05) is 30.3 Å². The number of hydrogen-bond acceptors (Lipinski definition) is 5. The molecule has 0 aromatic heterocycles. The highest BCUT2D eigenvalue weighted by Gasteiger charge is 2.23. The molecule has 7 nitrogen and oxygen atoms in total. The lowest BCUT2D eigenvalue weighted by Crippen LogP contribution is -2.44. The number of hydrogen-bond donors (Lipinski definition) is 2. The molecule has 3 rings (SSSR count). The lowest BCUT2D eigenvalue weighted by molar-refractivity contribution is -0.121. The third-order valence-corrected chi connectivity index (χ3v) is 5.15. The van der Waals surface area contributed by atoms with Crippen LogP contribution in [-0.4, -0.2) is 63.2 Å². The summed E-state index contributed by atoms with van der Waals surface area (Å²) in [5.41, 5.74) is 1.71. The van der Waals surface area contributed by atoms with Crippen molar-refractivity contribution in [2.45, 2.75) is 12.5 Å².